The van der Waals surface area contributed by atoms with Crippen LogP contribution in [0.2, 0.25) is 0 Å². The highest BCUT2D eigenvalue weighted by molar-refractivity contribution is 7.89. The summed E-state index contributed by atoms with van der Waals surface area (Å²) < 4.78 is 28.3. The van der Waals surface area contributed by atoms with E-state index in [4.69, 9.17) is 0 Å². The van der Waals surface area contributed by atoms with E-state index in [1.54, 1.807) is 12.1 Å². The number of benzene rings is 1. The maximum absolute atomic E-state index is 12.8. The zero-order valence-corrected chi connectivity index (χ0v) is 18.2. The second-order valence-electron chi connectivity index (χ2n) is 8.83. The average molecular weight is 420 g/mol. The molecule has 3 aliphatic rings. The molecule has 1 aliphatic carbocycles. The lowest BCUT2D eigenvalue weighted by Crippen LogP contribution is -2.42. The molecule has 0 unspecified atom stereocenters. The van der Waals surface area contributed by atoms with Gasteiger partial charge in [0, 0.05) is 30.7 Å². The molecule has 1 aromatic carbocycles. The number of likely N-dealkylation sites (tertiary alicyclic amines) is 1. The van der Waals surface area contributed by atoms with E-state index in [2.05, 4.69) is 9.62 Å². The molecule has 1 amide bonds. The standard InChI is InChI=1S/C22H33N3O3S/c1-17-15-19-16-20(9-10-21(19)25(17)22(26)18-7-6-8-18)29(27,28)23-11-14-24-12-4-2-3-5-13-24/h9-10,16-18,23H,2-8,11-15H2,1H3/t17-/m0/s1. The van der Waals surface area contributed by atoms with Crippen molar-refractivity contribution in [2.75, 3.05) is 31.1 Å². The molecule has 160 valence electrons. The van der Waals surface area contributed by atoms with Gasteiger partial charge in [-0.2, -0.15) is 0 Å². The van der Waals surface area contributed by atoms with Gasteiger partial charge in [-0.3, -0.25) is 4.79 Å². The lowest BCUT2D eigenvalue weighted by molar-refractivity contribution is -0.125. The predicted octanol–water partition coefficient (Wildman–Crippen LogP) is 2.92. The molecule has 0 spiro atoms. The van der Waals surface area contributed by atoms with Crippen LogP contribution >= 0.6 is 0 Å². The number of nitrogens with one attached hydrogen (secondary N) is 1. The van der Waals surface area contributed by atoms with Crippen molar-refractivity contribution >= 4 is 21.6 Å². The molecule has 4 rings (SSSR count). The Bertz CT molecular complexity index is 843. The van der Waals surface area contributed by atoms with Crippen LogP contribution in [0.4, 0.5) is 5.69 Å². The molecular formula is C22H33N3O3S. The molecule has 1 saturated carbocycles. The SMILES string of the molecule is C[C@H]1Cc2cc(S(=O)(=O)NCCN3CCCCCC3)ccc2N1C(=O)C1CCC1. The molecule has 1 atom stereocenters. The third-order valence-corrected chi connectivity index (χ3v) is 8.15. The van der Waals surface area contributed by atoms with Crippen molar-refractivity contribution < 1.29 is 13.2 Å². The Balaban J connectivity index is 1.41. The topological polar surface area (TPSA) is 69.7 Å². The summed E-state index contributed by atoms with van der Waals surface area (Å²) in [5.41, 5.74) is 1.85. The molecule has 0 bridgehead atoms. The van der Waals surface area contributed by atoms with Crippen LogP contribution < -0.4 is 9.62 Å². The summed E-state index contributed by atoms with van der Waals surface area (Å²) >= 11 is 0. The minimum absolute atomic E-state index is 0.0899. The van der Waals surface area contributed by atoms with E-state index in [0.717, 1.165) is 50.1 Å². The van der Waals surface area contributed by atoms with Crippen molar-refractivity contribution in [3.8, 4) is 0 Å². The number of anilines is 1. The predicted molar refractivity (Wildman–Crippen MR) is 115 cm³/mol. The van der Waals surface area contributed by atoms with Gasteiger partial charge < -0.3 is 9.80 Å². The van der Waals surface area contributed by atoms with Crippen LogP contribution in [0.5, 0.6) is 0 Å². The Kier molecular flexibility index (Phi) is 6.27. The van der Waals surface area contributed by atoms with Crippen molar-refractivity contribution in [1.29, 1.82) is 0 Å². The smallest absolute Gasteiger partial charge is 0.240 e. The van der Waals surface area contributed by atoms with E-state index in [1.165, 1.54) is 25.7 Å². The average Bonchev–Trinajstić information content (AvgIpc) is 2.78. The molecule has 7 heteroatoms. The highest BCUT2D eigenvalue weighted by Crippen LogP contribution is 2.38. The molecule has 2 fully saturated rings. The minimum atomic E-state index is -3.54. The summed E-state index contributed by atoms with van der Waals surface area (Å²) in [6.45, 7) is 5.35. The fraction of sp³-hybridized carbons (Fsp3) is 0.682. The third kappa shape index (κ3) is 4.52. The van der Waals surface area contributed by atoms with E-state index in [1.807, 2.05) is 17.9 Å². The van der Waals surface area contributed by atoms with Gasteiger partial charge in [-0.05, 0) is 75.9 Å². The number of carbonyl (C=O) groups excluding carboxylic acids is 1. The van der Waals surface area contributed by atoms with E-state index >= 15 is 0 Å². The van der Waals surface area contributed by atoms with Crippen molar-refractivity contribution in [1.82, 2.24) is 9.62 Å². The molecule has 1 aromatic rings. The molecule has 0 radical (unpaired) electrons. The van der Waals surface area contributed by atoms with Crippen molar-refractivity contribution in [2.24, 2.45) is 5.92 Å². The Morgan fingerprint density at radius 3 is 2.48 bits per heavy atom. The van der Waals surface area contributed by atoms with Gasteiger partial charge in [0.2, 0.25) is 15.9 Å². The van der Waals surface area contributed by atoms with Crippen LogP contribution in [0.25, 0.3) is 0 Å². The molecule has 29 heavy (non-hydrogen) atoms. The number of rotatable bonds is 6. The summed E-state index contributed by atoms with van der Waals surface area (Å²) in [7, 11) is -3.54. The van der Waals surface area contributed by atoms with Gasteiger partial charge in [-0.25, -0.2) is 13.1 Å². The fourth-order valence-electron chi connectivity index (χ4n) is 4.74. The van der Waals surface area contributed by atoms with Gasteiger partial charge >= 0.3 is 0 Å². The lowest BCUT2D eigenvalue weighted by Gasteiger charge is -2.32. The molecule has 2 heterocycles. The molecule has 0 aromatic heterocycles. The fourth-order valence-corrected chi connectivity index (χ4v) is 5.81. The van der Waals surface area contributed by atoms with Crippen LogP contribution in [0.15, 0.2) is 23.1 Å². The molecule has 6 nitrogen and oxygen atoms in total. The largest absolute Gasteiger partial charge is 0.309 e. The zero-order valence-electron chi connectivity index (χ0n) is 17.4. The third-order valence-electron chi connectivity index (χ3n) is 6.69. The number of amides is 1. The first-order valence-electron chi connectivity index (χ1n) is 11.1. The first kappa shape index (κ1) is 20.8. The summed E-state index contributed by atoms with van der Waals surface area (Å²) in [5, 5.41) is 0. The lowest BCUT2D eigenvalue weighted by atomic mass is 9.84. The number of fused-ring (bicyclic) bond motifs is 1. The normalized spacial score (nSPS) is 23.5. The monoisotopic (exact) mass is 419 g/mol. The van der Waals surface area contributed by atoms with Gasteiger partial charge in [0.25, 0.3) is 0 Å². The summed E-state index contributed by atoms with van der Waals surface area (Å²) in [6.07, 6.45) is 8.75. The Morgan fingerprint density at radius 1 is 1.10 bits per heavy atom. The summed E-state index contributed by atoms with van der Waals surface area (Å²) in [4.78, 5) is 17.3. The summed E-state index contributed by atoms with van der Waals surface area (Å²) in [6, 6.07) is 5.31. The van der Waals surface area contributed by atoms with E-state index in [9.17, 15) is 13.2 Å². The van der Waals surface area contributed by atoms with Gasteiger partial charge in [0.1, 0.15) is 0 Å². The molecule has 1 N–H and O–H groups in total. The van der Waals surface area contributed by atoms with Gasteiger partial charge in [0.15, 0.2) is 0 Å². The number of nitrogens with zero attached hydrogens (tertiary/aromatic N) is 2. The first-order valence-corrected chi connectivity index (χ1v) is 12.6. The number of hydrogen-bond acceptors (Lipinski definition) is 4. The molecule has 2 aliphatic heterocycles. The zero-order chi connectivity index (χ0) is 20.4. The number of sulfonamides is 1. The summed E-state index contributed by atoms with van der Waals surface area (Å²) in [5.74, 6) is 0.348. The van der Waals surface area contributed by atoms with Gasteiger partial charge in [0.05, 0.1) is 4.90 Å². The highest BCUT2D eigenvalue weighted by atomic mass is 32.2. The minimum Gasteiger partial charge on any atom is -0.309 e. The van der Waals surface area contributed by atoms with Crippen LogP contribution in [-0.2, 0) is 21.2 Å². The van der Waals surface area contributed by atoms with Gasteiger partial charge in [-0.15, -0.1) is 0 Å². The van der Waals surface area contributed by atoms with Crippen molar-refractivity contribution in [3.05, 3.63) is 23.8 Å². The van der Waals surface area contributed by atoms with Crippen LogP contribution in [-0.4, -0.2) is 51.4 Å². The van der Waals surface area contributed by atoms with Crippen LogP contribution in [0, 0.1) is 5.92 Å². The van der Waals surface area contributed by atoms with Crippen LogP contribution in [0.3, 0.4) is 0 Å². The van der Waals surface area contributed by atoms with E-state index < -0.39 is 10.0 Å². The highest BCUT2D eigenvalue weighted by Gasteiger charge is 2.37. The van der Waals surface area contributed by atoms with Gasteiger partial charge in [-0.1, -0.05) is 19.3 Å². The number of hydrogen-bond donors (Lipinski definition) is 1. The Morgan fingerprint density at radius 2 is 1.83 bits per heavy atom. The quantitative estimate of drug-likeness (QED) is 0.770. The Hall–Kier alpha value is -1.44. The van der Waals surface area contributed by atoms with Crippen molar-refractivity contribution in [2.45, 2.75) is 69.2 Å². The second-order valence-corrected chi connectivity index (χ2v) is 10.6. The molecular weight excluding hydrogens is 386 g/mol. The Labute approximate surface area is 174 Å². The van der Waals surface area contributed by atoms with Crippen molar-refractivity contribution in [3.63, 3.8) is 0 Å². The first-order chi connectivity index (χ1) is 14.0. The molecule has 1 saturated heterocycles. The maximum atomic E-state index is 12.8. The van der Waals surface area contributed by atoms with E-state index in [-0.39, 0.29) is 17.9 Å². The maximum Gasteiger partial charge on any atom is 0.240 e. The second kappa shape index (κ2) is 8.74. The van der Waals surface area contributed by atoms with Crippen LogP contribution in [0.1, 0.15) is 57.4 Å². The van der Waals surface area contributed by atoms with E-state index in [0.29, 0.717) is 17.9 Å². The number of carbonyl (C=O) groups is 1.